The number of nitrogens with one attached hydrogen (secondary N) is 1. The van der Waals surface area contributed by atoms with E-state index in [-0.39, 0.29) is 22.4 Å². The number of carbonyl (C=O) groups is 1. The molecule has 1 aliphatic rings. The van der Waals surface area contributed by atoms with Crippen LogP contribution < -0.4 is 10.2 Å². The second-order valence-corrected chi connectivity index (χ2v) is 7.37. The molecule has 0 saturated carbocycles. The molecule has 0 radical (unpaired) electrons. The van der Waals surface area contributed by atoms with E-state index in [1.54, 1.807) is 11.8 Å². The minimum absolute atomic E-state index is 0.00123. The van der Waals surface area contributed by atoms with Crippen molar-refractivity contribution in [2.75, 3.05) is 38.1 Å². The monoisotopic (exact) mass is 408 g/mol. The summed E-state index contributed by atoms with van der Waals surface area (Å²) in [5, 5.41) is 12.5. The molecule has 1 aliphatic heterocycles. The fourth-order valence-electron chi connectivity index (χ4n) is 3.44. The highest BCUT2D eigenvalue weighted by Gasteiger charge is 2.39. The van der Waals surface area contributed by atoms with Crippen molar-refractivity contribution in [1.29, 1.82) is 5.26 Å². The second kappa shape index (κ2) is 9.31. The van der Waals surface area contributed by atoms with Crippen molar-refractivity contribution in [2.24, 2.45) is 0 Å². The van der Waals surface area contributed by atoms with Crippen LogP contribution in [0.25, 0.3) is 0 Å². The van der Waals surface area contributed by atoms with Crippen LogP contribution in [0.2, 0.25) is 0 Å². The Kier molecular flexibility index (Phi) is 7.31. The fourth-order valence-corrected chi connectivity index (χ4v) is 3.44. The quantitative estimate of drug-likeness (QED) is 0.798. The molecule has 1 N–H and O–H groups in total. The summed E-state index contributed by atoms with van der Waals surface area (Å²) in [7, 11) is 1.90. The molecule has 1 heterocycles. The zero-order valence-corrected chi connectivity index (χ0v) is 17.3. The Hall–Kier alpha value is -2.53. The van der Waals surface area contributed by atoms with Crippen molar-refractivity contribution < 1.29 is 18.0 Å². The van der Waals surface area contributed by atoms with Gasteiger partial charge in [-0.2, -0.15) is 18.4 Å². The van der Waals surface area contributed by atoms with Gasteiger partial charge >= 0.3 is 6.18 Å². The Balaban J connectivity index is 2.60. The van der Waals surface area contributed by atoms with Gasteiger partial charge in [-0.1, -0.05) is 19.4 Å². The van der Waals surface area contributed by atoms with Gasteiger partial charge in [0.05, 0.1) is 22.4 Å². The molecule has 0 spiro atoms. The Morgan fingerprint density at radius 2 is 1.93 bits per heavy atom. The van der Waals surface area contributed by atoms with Crippen LogP contribution in [0, 0.1) is 18.3 Å². The summed E-state index contributed by atoms with van der Waals surface area (Å²) in [4.78, 5) is 16.4. The number of benzene rings is 1. The van der Waals surface area contributed by atoms with Gasteiger partial charge in [0.25, 0.3) is 5.91 Å². The number of alkyl halides is 3. The normalized spacial score (nSPS) is 15.9. The minimum atomic E-state index is -4.62. The van der Waals surface area contributed by atoms with Gasteiger partial charge in [0.15, 0.2) is 0 Å². The van der Waals surface area contributed by atoms with Gasteiger partial charge in [0, 0.05) is 31.9 Å². The van der Waals surface area contributed by atoms with Crippen LogP contribution in [0.1, 0.15) is 53.7 Å². The van der Waals surface area contributed by atoms with Gasteiger partial charge in [-0.05, 0) is 38.9 Å². The first-order valence-corrected chi connectivity index (χ1v) is 9.66. The summed E-state index contributed by atoms with van der Waals surface area (Å²) in [5.74, 6) is -0.562. The molecule has 1 aromatic rings. The largest absolute Gasteiger partial charge is 0.418 e. The van der Waals surface area contributed by atoms with Gasteiger partial charge < -0.3 is 15.1 Å². The minimum Gasteiger partial charge on any atom is -0.367 e. The summed E-state index contributed by atoms with van der Waals surface area (Å²) in [6, 6.07) is 2.87. The summed E-state index contributed by atoms with van der Waals surface area (Å²) in [5.41, 5.74) is -0.542. The Morgan fingerprint density at radius 1 is 1.31 bits per heavy atom. The number of nitrogens with zero attached hydrogens (tertiary/aromatic N) is 3. The highest BCUT2D eigenvalue weighted by Crippen LogP contribution is 2.41. The standard InChI is InChI=1S/C21H27F3N4O/c1-5-6-7-15(3)26-20(29)18-14(2)12-17(21(22,23)24)19(16(18)13-25)28-10-8-27(4)9-11-28/h7,12H,5-6,8-11H2,1-4H3,(H,26,29)/b15-7+. The lowest BCUT2D eigenvalue weighted by Gasteiger charge is -2.36. The van der Waals surface area contributed by atoms with Gasteiger partial charge in [-0.3, -0.25) is 4.79 Å². The Morgan fingerprint density at radius 3 is 2.45 bits per heavy atom. The topological polar surface area (TPSA) is 59.4 Å². The van der Waals surface area contributed by atoms with E-state index in [2.05, 4.69) is 5.32 Å². The highest BCUT2D eigenvalue weighted by molar-refractivity contribution is 6.01. The van der Waals surface area contributed by atoms with Gasteiger partial charge in [0.2, 0.25) is 0 Å². The third kappa shape index (κ3) is 5.30. The number of rotatable bonds is 5. The number of unbranched alkanes of at least 4 members (excludes halogenated alkanes) is 1. The molecular formula is C21H27F3N4O. The summed E-state index contributed by atoms with van der Waals surface area (Å²) < 4.78 is 41.4. The van der Waals surface area contributed by atoms with Gasteiger partial charge in [-0.25, -0.2) is 0 Å². The molecule has 8 heteroatoms. The number of nitriles is 1. The Bertz CT molecular complexity index is 832. The van der Waals surface area contributed by atoms with E-state index in [4.69, 9.17) is 0 Å². The molecule has 158 valence electrons. The first-order chi connectivity index (χ1) is 13.6. The van der Waals surface area contributed by atoms with E-state index in [0.29, 0.717) is 31.9 Å². The Labute approximate surface area is 169 Å². The molecule has 0 aliphatic carbocycles. The van der Waals surface area contributed by atoms with Gasteiger partial charge in [-0.15, -0.1) is 0 Å². The maximum atomic E-state index is 13.8. The molecular weight excluding hydrogens is 381 g/mol. The van der Waals surface area contributed by atoms with Gasteiger partial charge in [0.1, 0.15) is 6.07 Å². The highest BCUT2D eigenvalue weighted by atomic mass is 19.4. The molecule has 2 rings (SSSR count). The molecule has 1 saturated heterocycles. The number of piperazine rings is 1. The smallest absolute Gasteiger partial charge is 0.367 e. The number of carbonyl (C=O) groups excluding carboxylic acids is 1. The number of hydrogen-bond acceptors (Lipinski definition) is 4. The van der Waals surface area contributed by atoms with Crippen LogP contribution >= 0.6 is 0 Å². The van der Waals surface area contributed by atoms with Crippen LogP contribution in [0.15, 0.2) is 17.8 Å². The van der Waals surface area contributed by atoms with Crippen LogP contribution in [0.3, 0.4) is 0 Å². The summed E-state index contributed by atoms with van der Waals surface area (Å²) in [6.07, 6.45) is -1.09. The van der Waals surface area contributed by atoms with E-state index < -0.39 is 17.6 Å². The molecule has 1 amide bonds. The van der Waals surface area contributed by atoms with Crippen molar-refractivity contribution in [3.05, 3.63) is 40.1 Å². The van der Waals surface area contributed by atoms with Crippen molar-refractivity contribution in [3.8, 4) is 6.07 Å². The predicted molar refractivity (Wildman–Crippen MR) is 107 cm³/mol. The zero-order chi connectivity index (χ0) is 21.8. The molecule has 0 atom stereocenters. The van der Waals surface area contributed by atoms with Crippen LogP contribution in [0.4, 0.5) is 18.9 Å². The number of likely N-dealkylation sites (N-methyl/N-ethyl adjacent to an activating group) is 1. The first-order valence-electron chi connectivity index (χ1n) is 9.66. The lowest BCUT2D eigenvalue weighted by molar-refractivity contribution is -0.137. The molecule has 1 aromatic carbocycles. The van der Waals surface area contributed by atoms with Crippen molar-refractivity contribution in [2.45, 2.75) is 39.8 Å². The van der Waals surface area contributed by atoms with E-state index in [9.17, 15) is 23.2 Å². The number of halogens is 3. The van der Waals surface area contributed by atoms with E-state index in [1.165, 1.54) is 6.92 Å². The fraction of sp³-hybridized carbons (Fsp3) is 0.524. The average molecular weight is 408 g/mol. The number of amides is 1. The average Bonchev–Trinajstić information content (AvgIpc) is 2.65. The SMILES string of the molecule is CCC/C=C(\C)NC(=O)c1c(C)cc(C(F)(F)F)c(N2CCN(C)CC2)c1C#N. The molecule has 0 unspecified atom stereocenters. The summed E-state index contributed by atoms with van der Waals surface area (Å²) >= 11 is 0. The van der Waals surface area contributed by atoms with Crippen LogP contribution in [0.5, 0.6) is 0 Å². The van der Waals surface area contributed by atoms with Crippen LogP contribution in [-0.4, -0.2) is 44.0 Å². The molecule has 0 bridgehead atoms. The molecule has 0 aromatic heterocycles. The maximum absolute atomic E-state index is 13.8. The maximum Gasteiger partial charge on any atom is 0.418 e. The third-order valence-corrected chi connectivity index (χ3v) is 5.01. The number of aryl methyl sites for hydroxylation is 1. The first kappa shape index (κ1) is 22.8. The van der Waals surface area contributed by atoms with E-state index >= 15 is 0 Å². The van der Waals surface area contributed by atoms with Crippen LogP contribution in [-0.2, 0) is 6.18 Å². The van der Waals surface area contributed by atoms with Crippen molar-refractivity contribution >= 4 is 11.6 Å². The van der Waals surface area contributed by atoms with E-state index in [1.807, 2.05) is 31.0 Å². The number of anilines is 1. The van der Waals surface area contributed by atoms with E-state index in [0.717, 1.165) is 18.9 Å². The second-order valence-electron chi connectivity index (χ2n) is 7.37. The zero-order valence-electron chi connectivity index (χ0n) is 17.3. The third-order valence-electron chi connectivity index (χ3n) is 5.01. The predicted octanol–water partition coefficient (Wildman–Crippen LogP) is 4.07. The molecule has 5 nitrogen and oxygen atoms in total. The molecule has 29 heavy (non-hydrogen) atoms. The van der Waals surface area contributed by atoms with Crippen molar-refractivity contribution in [3.63, 3.8) is 0 Å². The lowest BCUT2D eigenvalue weighted by Crippen LogP contribution is -2.45. The number of hydrogen-bond donors (Lipinski definition) is 1. The summed E-state index contributed by atoms with van der Waals surface area (Å²) in [6.45, 7) is 7.03. The molecule has 1 fully saturated rings. The van der Waals surface area contributed by atoms with Crippen molar-refractivity contribution in [1.82, 2.24) is 10.2 Å². The number of allylic oxidation sites excluding steroid dienone is 2. The lowest BCUT2D eigenvalue weighted by atomic mass is 9.94.